The molecule has 0 fully saturated rings. The highest BCUT2D eigenvalue weighted by Gasteiger charge is 2.14. The van der Waals surface area contributed by atoms with E-state index < -0.39 is 0 Å². The Bertz CT molecular complexity index is 383. The summed E-state index contributed by atoms with van der Waals surface area (Å²) in [4.78, 5) is 12.0. The third kappa shape index (κ3) is 3.80. The van der Waals surface area contributed by atoms with Gasteiger partial charge in [-0.05, 0) is 42.9 Å². The van der Waals surface area contributed by atoms with E-state index in [0.29, 0.717) is 6.42 Å². The second kappa shape index (κ2) is 4.82. The van der Waals surface area contributed by atoms with E-state index >= 15 is 0 Å². The summed E-state index contributed by atoms with van der Waals surface area (Å²) in [5.74, 6) is 0.262. The molecule has 1 rings (SSSR count). The molecule has 0 saturated carbocycles. The zero-order chi connectivity index (χ0) is 12.3. The van der Waals surface area contributed by atoms with Gasteiger partial charge in [-0.25, -0.2) is 0 Å². The normalized spacial score (nSPS) is 11.6. The van der Waals surface area contributed by atoms with Gasteiger partial charge >= 0.3 is 0 Å². The van der Waals surface area contributed by atoms with E-state index in [0.717, 1.165) is 12.0 Å². The molecule has 0 N–H and O–H groups in total. The lowest BCUT2D eigenvalue weighted by atomic mass is 9.88. The van der Waals surface area contributed by atoms with Gasteiger partial charge in [0.25, 0.3) is 0 Å². The lowest BCUT2D eigenvalue weighted by molar-refractivity contribution is 0.0966. The largest absolute Gasteiger partial charge is 0.294 e. The number of carbonyl (C=O) groups excluding carboxylic acids is 1. The van der Waals surface area contributed by atoms with Crippen LogP contribution in [0.1, 0.15) is 55.1 Å². The van der Waals surface area contributed by atoms with Crippen molar-refractivity contribution in [2.24, 2.45) is 5.41 Å². The first-order valence-corrected chi connectivity index (χ1v) is 5.90. The molecule has 0 heterocycles. The molecular weight excluding hydrogens is 196 g/mol. The van der Waals surface area contributed by atoms with Crippen LogP contribution in [-0.2, 0) is 0 Å². The van der Waals surface area contributed by atoms with Crippen LogP contribution in [0.5, 0.6) is 0 Å². The van der Waals surface area contributed by atoms with Crippen LogP contribution < -0.4 is 0 Å². The average Bonchev–Trinajstić information content (AvgIpc) is 2.17. The molecule has 0 bridgehead atoms. The Hall–Kier alpha value is -1.11. The van der Waals surface area contributed by atoms with Crippen LogP contribution in [0.25, 0.3) is 0 Å². The van der Waals surface area contributed by atoms with Gasteiger partial charge in [0.15, 0.2) is 5.78 Å². The lowest BCUT2D eigenvalue weighted by Gasteiger charge is -2.17. The molecule has 1 aromatic carbocycles. The van der Waals surface area contributed by atoms with E-state index in [9.17, 15) is 4.79 Å². The molecule has 0 aliphatic carbocycles. The molecule has 0 aliphatic heterocycles. The van der Waals surface area contributed by atoms with E-state index in [2.05, 4.69) is 34.6 Å². The SMILES string of the molecule is Cc1ccc(C(=O)CCC(C)(C)C)cc1C. The van der Waals surface area contributed by atoms with Gasteiger partial charge in [-0.3, -0.25) is 4.79 Å². The number of ketones is 1. The molecule has 0 aliphatic rings. The van der Waals surface area contributed by atoms with Gasteiger partial charge in [0.05, 0.1) is 0 Å². The molecule has 0 radical (unpaired) electrons. The summed E-state index contributed by atoms with van der Waals surface area (Å²) < 4.78 is 0. The highest BCUT2D eigenvalue weighted by Crippen LogP contribution is 2.22. The molecule has 16 heavy (non-hydrogen) atoms. The van der Waals surface area contributed by atoms with Crippen LogP contribution in [0, 0.1) is 19.3 Å². The summed E-state index contributed by atoms with van der Waals surface area (Å²) in [5, 5.41) is 0. The molecule has 0 amide bonds. The fraction of sp³-hybridized carbons (Fsp3) is 0.533. The topological polar surface area (TPSA) is 17.1 Å². The van der Waals surface area contributed by atoms with Crippen molar-refractivity contribution in [2.45, 2.75) is 47.5 Å². The van der Waals surface area contributed by atoms with Crippen molar-refractivity contribution in [3.63, 3.8) is 0 Å². The van der Waals surface area contributed by atoms with E-state index in [1.165, 1.54) is 11.1 Å². The molecule has 1 heteroatoms. The average molecular weight is 218 g/mol. The summed E-state index contributed by atoms with van der Waals surface area (Å²) in [7, 11) is 0. The minimum atomic E-state index is 0.232. The Morgan fingerprint density at radius 1 is 1.12 bits per heavy atom. The highest BCUT2D eigenvalue weighted by atomic mass is 16.1. The van der Waals surface area contributed by atoms with Gasteiger partial charge in [0.1, 0.15) is 0 Å². The second-order valence-electron chi connectivity index (χ2n) is 5.78. The summed E-state index contributed by atoms with van der Waals surface area (Å²) in [5.41, 5.74) is 3.52. The summed E-state index contributed by atoms with van der Waals surface area (Å²) in [6.45, 7) is 10.6. The lowest BCUT2D eigenvalue weighted by Crippen LogP contribution is -2.09. The highest BCUT2D eigenvalue weighted by molar-refractivity contribution is 5.96. The van der Waals surface area contributed by atoms with Gasteiger partial charge in [-0.2, -0.15) is 0 Å². The van der Waals surface area contributed by atoms with Crippen molar-refractivity contribution in [3.8, 4) is 0 Å². The van der Waals surface area contributed by atoms with Crippen molar-refractivity contribution >= 4 is 5.78 Å². The van der Waals surface area contributed by atoms with Crippen LogP contribution >= 0.6 is 0 Å². The molecule has 0 unspecified atom stereocenters. The molecule has 0 saturated heterocycles. The first-order chi connectivity index (χ1) is 7.29. The van der Waals surface area contributed by atoms with E-state index in [1.807, 2.05) is 18.2 Å². The summed E-state index contributed by atoms with van der Waals surface area (Å²) >= 11 is 0. The molecular formula is C15H22O. The Morgan fingerprint density at radius 3 is 2.25 bits per heavy atom. The fourth-order valence-electron chi connectivity index (χ4n) is 1.55. The monoisotopic (exact) mass is 218 g/mol. The minimum absolute atomic E-state index is 0.232. The van der Waals surface area contributed by atoms with Crippen LogP contribution in [-0.4, -0.2) is 5.78 Å². The third-order valence-electron chi connectivity index (χ3n) is 2.93. The quantitative estimate of drug-likeness (QED) is 0.691. The van der Waals surface area contributed by atoms with Crippen LogP contribution in [0.15, 0.2) is 18.2 Å². The first kappa shape index (κ1) is 13.0. The van der Waals surface area contributed by atoms with Gasteiger partial charge in [-0.1, -0.05) is 32.9 Å². The number of benzene rings is 1. The number of Topliss-reactive ketones (excluding diaryl/α,β-unsaturated/α-hetero) is 1. The second-order valence-corrected chi connectivity index (χ2v) is 5.78. The van der Waals surface area contributed by atoms with Crippen LogP contribution in [0.2, 0.25) is 0 Å². The number of hydrogen-bond acceptors (Lipinski definition) is 1. The number of hydrogen-bond donors (Lipinski definition) is 0. The fourth-order valence-corrected chi connectivity index (χ4v) is 1.55. The van der Waals surface area contributed by atoms with Gasteiger partial charge < -0.3 is 0 Å². The van der Waals surface area contributed by atoms with Crippen molar-refractivity contribution in [2.75, 3.05) is 0 Å². The number of aryl methyl sites for hydroxylation is 2. The van der Waals surface area contributed by atoms with E-state index in [4.69, 9.17) is 0 Å². The van der Waals surface area contributed by atoms with Gasteiger partial charge in [0.2, 0.25) is 0 Å². The predicted octanol–water partition coefficient (Wildman–Crippen LogP) is 4.31. The van der Waals surface area contributed by atoms with E-state index in [1.54, 1.807) is 0 Å². The third-order valence-corrected chi connectivity index (χ3v) is 2.93. The predicted molar refractivity (Wildman–Crippen MR) is 68.9 cm³/mol. The molecule has 88 valence electrons. The minimum Gasteiger partial charge on any atom is -0.294 e. The Morgan fingerprint density at radius 2 is 1.75 bits per heavy atom. The molecule has 1 nitrogen and oxygen atoms in total. The van der Waals surface area contributed by atoms with Crippen molar-refractivity contribution in [1.82, 2.24) is 0 Å². The van der Waals surface area contributed by atoms with Gasteiger partial charge in [-0.15, -0.1) is 0 Å². The standard InChI is InChI=1S/C15H22O/c1-11-6-7-13(10-12(11)2)14(16)8-9-15(3,4)5/h6-7,10H,8-9H2,1-5H3. The van der Waals surface area contributed by atoms with Crippen molar-refractivity contribution in [1.29, 1.82) is 0 Å². The zero-order valence-electron chi connectivity index (χ0n) is 11.1. The Labute approximate surface area is 98.9 Å². The smallest absolute Gasteiger partial charge is 0.162 e. The maximum Gasteiger partial charge on any atom is 0.162 e. The Balaban J connectivity index is 2.70. The molecule has 0 spiro atoms. The number of carbonyl (C=O) groups is 1. The van der Waals surface area contributed by atoms with Crippen LogP contribution in [0.4, 0.5) is 0 Å². The first-order valence-electron chi connectivity index (χ1n) is 5.90. The summed E-state index contributed by atoms with van der Waals surface area (Å²) in [6, 6.07) is 5.97. The maximum atomic E-state index is 12.0. The zero-order valence-corrected chi connectivity index (χ0v) is 11.1. The molecule has 0 aromatic heterocycles. The Kier molecular flexibility index (Phi) is 3.90. The van der Waals surface area contributed by atoms with E-state index in [-0.39, 0.29) is 11.2 Å². The maximum absolute atomic E-state index is 12.0. The summed E-state index contributed by atoms with van der Waals surface area (Å²) in [6.07, 6.45) is 1.59. The molecule has 1 aromatic rings. The van der Waals surface area contributed by atoms with Crippen molar-refractivity contribution < 1.29 is 4.79 Å². The van der Waals surface area contributed by atoms with Crippen molar-refractivity contribution in [3.05, 3.63) is 34.9 Å². The molecule has 0 atom stereocenters. The van der Waals surface area contributed by atoms with Gasteiger partial charge in [0, 0.05) is 12.0 Å². The number of rotatable bonds is 3. The van der Waals surface area contributed by atoms with Crippen LogP contribution in [0.3, 0.4) is 0 Å².